The summed E-state index contributed by atoms with van der Waals surface area (Å²) in [4.78, 5) is 0. The predicted octanol–water partition coefficient (Wildman–Crippen LogP) is 6.19. The number of hydrogen-bond donors (Lipinski definition) is 0. The largest absolute Gasteiger partial charge is 0.494 e. The molecule has 0 bridgehead atoms. The molecule has 2 atom stereocenters. The van der Waals surface area contributed by atoms with Crippen molar-refractivity contribution in [2.45, 2.75) is 44.8 Å². The lowest BCUT2D eigenvalue weighted by Crippen LogP contribution is -2.24. The average molecular weight is 406 g/mol. The summed E-state index contributed by atoms with van der Waals surface area (Å²) in [6.45, 7) is 6.26. The molecule has 0 radical (unpaired) electrons. The third-order valence-electron chi connectivity index (χ3n) is 5.06. The third-order valence-corrected chi connectivity index (χ3v) is 5.06. The summed E-state index contributed by atoms with van der Waals surface area (Å²) in [6, 6.07) is 9.93. The Morgan fingerprint density at radius 1 is 1.10 bits per heavy atom. The van der Waals surface area contributed by atoms with Crippen molar-refractivity contribution in [2.75, 3.05) is 13.2 Å². The van der Waals surface area contributed by atoms with E-state index in [4.69, 9.17) is 14.2 Å². The van der Waals surface area contributed by atoms with Crippen molar-refractivity contribution in [3.8, 4) is 11.5 Å². The first-order valence-electron chi connectivity index (χ1n) is 9.72. The molecule has 0 N–H and O–H groups in total. The molecule has 156 valence electrons. The van der Waals surface area contributed by atoms with Crippen LogP contribution in [-0.2, 0) is 11.3 Å². The summed E-state index contributed by atoms with van der Waals surface area (Å²) in [7, 11) is 0. The second-order valence-corrected chi connectivity index (χ2v) is 6.92. The van der Waals surface area contributed by atoms with Gasteiger partial charge in [-0.2, -0.15) is 0 Å². The van der Waals surface area contributed by atoms with Gasteiger partial charge in [0.25, 0.3) is 6.43 Å². The van der Waals surface area contributed by atoms with Crippen LogP contribution in [0.3, 0.4) is 0 Å². The molecule has 1 heterocycles. The zero-order chi connectivity index (χ0) is 20.8. The zero-order valence-corrected chi connectivity index (χ0v) is 16.4. The van der Waals surface area contributed by atoms with Gasteiger partial charge in [-0.3, -0.25) is 0 Å². The fourth-order valence-corrected chi connectivity index (χ4v) is 3.49. The molecule has 1 aliphatic heterocycles. The van der Waals surface area contributed by atoms with Crippen molar-refractivity contribution in [1.82, 2.24) is 0 Å². The van der Waals surface area contributed by atoms with E-state index in [1.807, 2.05) is 6.92 Å². The van der Waals surface area contributed by atoms with Crippen LogP contribution in [0.5, 0.6) is 11.5 Å². The van der Waals surface area contributed by atoms with Crippen molar-refractivity contribution >= 4 is 0 Å². The van der Waals surface area contributed by atoms with E-state index in [1.165, 1.54) is 6.07 Å². The zero-order valence-electron chi connectivity index (χ0n) is 16.4. The van der Waals surface area contributed by atoms with E-state index < -0.39 is 17.8 Å². The first-order chi connectivity index (χ1) is 14.0. The summed E-state index contributed by atoms with van der Waals surface area (Å²) < 4.78 is 58.9. The van der Waals surface area contributed by atoms with Crippen LogP contribution in [0.15, 0.2) is 49.1 Å². The molecule has 2 aromatic rings. The minimum absolute atomic E-state index is 0.0642. The quantitative estimate of drug-likeness (QED) is 0.489. The normalized spacial score (nSPS) is 19.2. The Labute approximate surface area is 169 Å². The van der Waals surface area contributed by atoms with Crippen LogP contribution >= 0.6 is 0 Å². The highest BCUT2D eigenvalue weighted by molar-refractivity contribution is 5.37. The third kappa shape index (κ3) is 5.12. The molecular formula is C23H25F3O3. The van der Waals surface area contributed by atoms with Crippen LogP contribution in [0, 0.1) is 5.82 Å². The Balaban J connectivity index is 1.75. The van der Waals surface area contributed by atoms with Gasteiger partial charge in [0.1, 0.15) is 23.9 Å². The van der Waals surface area contributed by atoms with Crippen LogP contribution in [0.25, 0.3) is 0 Å². The van der Waals surface area contributed by atoms with Gasteiger partial charge in [-0.15, -0.1) is 6.58 Å². The van der Waals surface area contributed by atoms with Crippen molar-refractivity contribution < 1.29 is 27.4 Å². The second kappa shape index (κ2) is 9.83. The standard InChI is InChI=1S/C23H25F3O3/c1-3-17-7-5-15(13-28-17)20-12-6-16(21(22(20)24)23(25)26)14-29-19-10-8-18(9-11-19)27-4-2/h3,6,8-12,15,17,23H,1,4-5,7,13-14H2,2H3. The summed E-state index contributed by atoms with van der Waals surface area (Å²) in [5, 5.41) is 0. The van der Waals surface area contributed by atoms with E-state index in [1.54, 1.807) is 36.4 Å². The Morgan fingerprint density at radius 3 is 2.34 bits per heavy atom. The molecule has 0 amide bonds. The monoisotopic (exact) mass is 406 g/mol. The van der Waals surface area contributed by atoms with Gasteiger partial charge in [-0.25, -0.2) is 13.2 Å². The molecule has 0 saturated carbocycles. The number of rotatable bonds is 8. The molecular weight excluding hydrogens is 381 g/mol. The number of alkyl halides is 2. The van der Waals surface area contributed by atoms with Crippen LogP contribution in [0.1, 0.15) is 48.8 Å². The maximum atomic E-state index is 15.0. The van der Waals surface area contributed by atoms with Crippen molar-refractivity contribution in [2.24, 2.45) is 0 Å². The number of halogens is 3. The highest BCUT2D eigenvalue weighted by atomic mass is 19.3. The lowest BCUT2D eigenvalue weighted by atomic mass is 9.88. The maximum Gasteiger partial charge on any atom is 0.267 e. The number of benzene rings is 2. The predicted molar refractivity (Wildman–Crippen MR) is 105 cm³/mol. The summed E-state index contributed by atoms with van der Waals surface area (Å²) >= 11 is 0. The van der Waals surface area contributed by atoms with Crippen molar-refractivity contribution in [3.63, 3.8) is 0 Å². The van der Waals surface area contributed by atoms with Crippen LogP contribution < -0.4 is 9.47 Å². The second-order valence-electron chi connectivity index (χ2n) is 6.92. The van der Waals surface area contributed by atoms with E-state index in [0.29, 0.717) is 30.9 Å². The van der Waals surface area contributed by atoms with Gasteiger partial charge in [0.05, 0.1) is 24.9 Å². The number of ether oxygens (including phenoxy) is 3. The molecule has 0 aliphatic carbocycles. The Bertz CT molecular complexity index is 813. The smallest absolute Gasteiger partial charge is 0.267 e. The fraction of sp³-hybridized carbons (Fsp3) is 0.391. The topological polar surface area (TPSA) is 27.7 Å². The highest BCUT2D eigenvalue weighted by Crippen LogP contribution is 2.36. The molecule has 1 aliphatic rings. The van der Waals surface area contributed by atoms with Gasteiger partial charge >= 0.3 is 0 Å². The Kier molecular flexibility index (Phi) is 7.20. The molecule has 3 nitrogen and oxygen atoms in total. The lowest BCUT2D eigenvalue weighted by Gasteiger charge is -2.28. The van der Waals surface area contributed by atoms with E-state index in [2.05, 4.69) is 6.58 Å². The molecule has 29 heavy (non-hydrogen) atoms. The molecule has 0 aromatic heterocycles. The molecule has 3 rings (SSSR count). The molecule has 0 spiro atoms. The minimum Gasteiger partial charge on any atom is -0.494 e. The van der Waals surface area contributed by atoms with Crippen molar-refractivity contribution in [3.05, 3.63) is 71.6 Å². The van der Waals surface area contributed by atoms with Crippen LogP contribution in [-0.4, -0.2) is 19.3 Å². The highest BCUT2D eigenvalue weighted by Gasteiger charge is 2.28. The van der Waals surface area contributed by atoms with Gasteiger partial charge in [0.15, 0.2) is 0 Å². The van der Waals surface area contributed by atoms with Gasteiger partial charge in [-0.1, -0.05) is 18.2 Å². The Morgan fingerprint density at radius 2 is 1.79 bits per heavy atom. The lowest BCUT2D eigenvalue weighted by molar-refractivity contribution is 0.0319. The summed E-state index contributed by atoms with van der Waals surface area (Å²) in [6.07, 6.45) is 0.0711. The van der Waals surface area contributed by atoms with E-state index in [9.17, 15) is 13.2 Å². The molecule has 1 fully saturated rings. The van der Waals surface area contributed by atoms with Gasteiger partial charge < -0.3 is 14.2 Å². The number of hydrogen-bond acceptors (Lipinski definition) is 3. The van der Waals surface area contributed by atoms with Gasteiger partial charge in [0, 0.05) is 11.5 Å². The van der Waals surface area contributed by atoms with Crippen LogP contribution in [0.4, 0.5) is 13.2 Å². The SMILES string of the molecule is C=CC1CCC(c2ccc(COc3ccc(OCC)cc3)c(C(F)F)c2F)CO1. The first kappa shape index (κ1) is 21.2. The molecule has 6 heteroatoms. The molecule has 2 unspecified atom stereocenters. The van der Waals surface area contributed by atoms with E-state index in [-0.39, 0.29) is 36.4 Å². The summed E-state index contributed by atoms with van der Waals surface area (Å²) in [5.41, 5.74) is -0.192. The molecule has 1 saturated heterocycles. The van der Waals surface area contributed by atoms with E-state index in [0.717, 1.165) is 0 Å². The first-order valence-corrected chi connectivity index (χ1v) is 9.72. The maximum absolute atomic E-state index is 15.0. The van der Waals surface area contributed by atoms with Crippen LogP contribution in [0.2, 0.25) is 0 Å². The van der Waals surface area contributed by atoms with E-state index >= 15 is 0 Å². The van der Waals surface area contributed by atoms with Gasteiger partial charge in [-0.05, 0) is 49.6 Å². The average Bonchev–Trinajstić information content (AvgIpc) is 2.73. The molecule has 2 aromatic carbocycles. The summed E-state index contributed by atoms with van der Waals surface area (Å²) in [5.74, 6) is 0.0782. The van der Waals surface area contributed by atoms with Gasteiger partial charge in [0.2, 0.25) is 0 Å². The van der Waals surface area contributed by atoms with Crippen molar-refractivity contribution in [1.29, 1.82) is 0 Å². The fourth-order valence-electron chi connectivity index (χ4n) is 3.49. The Hall–Kier alpha value is -2.47. The minimum atomic E-state index is -2.93.